The lowest BCUT2D eigenvalue weighted by Gasteiger charge is -2.05. The minimum atomic E-state index is -0.171. The van der Waals surface area contributed by atoms with Crippen LogP contribution in [0.5, 0.6) is 5.75 Å². The van der Waals surface area contributed by atoms with Gasteiger partial charge in [0, 0.05) is 11.9 Å². The highest BCUT2D eigenvalue weighted by Crippen LogP contribution is 2.20. The topological polar surface area (TPSA) is 81.4 Å². The van der Waals surface area contributed by atoms with Crippen molar-refractivity contribution in [2.75, 3.05) is 12.4 Å². The number of aromatic nitrogens is 4. The molecule has 0 saturated carbocycles. The van der Waals surface area contributed by atoms with Crippen molar-refractivity contribution in [1.29, 1.82) is 0 Å². The SMILES string of the molecule is COc1ccc2nc(NC(=O)Cc3ccc(-c4ccnc(C)c4)cc3)nn2c1. The van der Waals surface area contributed by atoms with Crippen LogP contribution in [0.4, 0.5) is 5.95 Å². The number of ether oxygens (including phenoxy) is 1. The van der Waals surface area contributed by atoms with Gasteiger partial charge in [-0.25, -0.2) is 4.52 Å². The second-order valence-electron chi connectivity index (χ2n) is 6.41. The number of aryl methyl sites for hydroxylation is 1. The van der Waals surface area contributed by atoms with Crippen molar-refractivity contribution in [2.45, 2.75) is 13.3 Å². The highest BCUT2D eigenvalue weighted by atomic mass is 16.5. The number of hydrogen-bond acceptors (Lipinski definition) is 5. The lowest BCUT2D eigenvalue weighted by atomic mass is 10.0. The second kappa shape index (κ2) is 7.48. The summed E-state index contributed by atoms with van der Waals surface area (Å²) in [5.41, 5.74) is 4.71. The van der Waals surface area contributed by atoms with Gasteiger partial charge in [-0.05, 0) is 47.9 Å². The number of nitrogens with one attached hydrogen (secondary N) is 1. The molecule has 0 aliphatic rings. The lowest BCUT2D eigenvalue weighted by Crippen LogP contribution is -2.15. The van der Waals surface area contributed by atoms with Crippen molar-refractivity contribution in [2.24, 2.45) is 0 Å². The number of anilines is 1. The Morgan fingerprint density at radius 1 is 1.11 bits per heavy atom. The zero-order chi connectivity index (χ0) is 19.5. The molecule has 1 aromatic carbocycles. The Bertz CT molecular complexity index is 1140. The van der Waals surface area contributed by atoms with E-state index in [9.17, 15) is 4.79 Å². The van der Waals surface area contributed by atoms with Gasteiger partial charge in [-0.3, -0.25) is 15.1 Å². The number of rotatable bonds is 5. The Morgan fingerprint density at radius 3 is 2.68 bits per heavy atom. The molecule has 0 aliphatic heterocycles. The summed E-state index contributed by atoms with van der Waals surface area (Å²) in [6, 6.07) is 15.5. The van der Waals surface area contributed by atoms with E-state index < -0.39 is 0 Å². The molecule has 0 atom stereocenters. The third kappa shape index (κ3) is 3.83. The summed E-state index contributed by atoms with van der Waals surface area (Å²) in [5, 5.41) is 6.99. The smallest absolute Gasteiger partial charge is 0.249 e. The van der Waals surface area contributed by atoms with Gasteiger partial charge in [0.1, 0.15) is 5.75 Å². The fraction of sp³-hybridized carbons (Fsp3) is 0.143. The van der Waals surface area contributed by atoms with Gasteiger partial charge in [0.25, 0.3) is 0 Å². The molecule has 0 radical (unpaired) electrons. The summed E-state index contributed by atoms with van der Waals surface area (Å²) in [6.45, 7) is 1.96. The van der Waals surface area contributed by atoms with Gasteiger partial charge in [0.15, 0.2) is 5.65 Å². The molecule has 7 nitrogen and oxygen atoms in total. The molecule has 4 aromatic rings. The molecule has 28 heavy (non-hydrogen) atoms. The summed E-state index contributed by atoms with van der Waals surface area (Å²) < 4.78 is 6.73. The van der Waals surface area contributed by atoms with Crippen LogP contribution in [0, 0.1) is 6.92 Å². The summed E-state index contributed by atoms with van der Waals surface area (Å²) in [6.07, 6.45) is 3.75. The largest absolute Gasteiger partial charge is 0.495 e. The van der Waals surface area contributed by atoms with E-state index in [4.69, 9.17) is 4.74 Å². The zero-order valence-corrected chi connectivity index (χ0v) is 15.6. The van der Waals surface area contributed by atoms with Crippen molar-refractivity contribution in [3.63, 3.8) is 0 Å². The minimum Gasteiger partial charge on any atom is -0.495 e. The van der Waals surface area contributed by atoms with Gasteiger partial charge in [-0.1, -0.05) is 24.3 Å². The van der Waals surface area contributed by atoms with Gasteiger partial charge >= 0.3 is 0 Å². The molecule has 0 bridgehead atoms. The Labute approximate surface area is 162 Å². The quantitative estimate of drug-likeness (QED) is 0.581. The van der Waals surface area contributed by atoms with Crippen molar-refractivity contribution >= 4 is 17.5 Å². The molecule has 140 valence electrons. The zero-order valence-electron chi connectivity index (χ0n) is 15.6. The van der Waals surface area contributed by atoms with Crippen LogP contribution < -0.4 is 10.1 Å². The molecule has 1 amide bonds. The highest BCUT2D eigenvalue weighted by Gasteiger charge is 2.10. The number of fused-ring (bicyclic) bond motifs is 1. The molecular weight excluding hydrogens is 354 g/mol. The van der Waals surface area contributed by atoms with Gasteiger partial charge in [-0.15, -0.1) is 5.10 Å². The molecule has 0 spiro atoms. The third-order valence-corrected chi connectivity index (χ3v) is 4.34. The Hall–Kier alpha value is -3.74. The van der Waals surface area contributed by atoms with Gasteiger partial charge < -0.3 is 4.74 Å². The van der Waals surface area contributed by atoms with Crippen LogP contribution >= 0.6 is 0 Å². The number of amides is 1. The molecule has 4 rings (SSSR count). The maximum atomic E-state index is 12.3. The molecule has 3 aromatic heterocycles. The fourth-order valence-corrected chi connectivity index (χ4v) is 2.93. The Kier molecular flexibility index (Phi) is 4.72. The predicted octanol–water partition coefficient (Wildman–Crippen LogP) is 3.29. The van der Waals surface area contributed by atoms with Crippen LogP contribution in [0.25, 0.3) is 16.8 Å². The van der Waals surface area contributed by atoms with E-state index in [2.05, 4.69) is 20.4 Å². The summed E-state index contributed by atoms with van der Waals surface area (Å²) in [7, 11) is 1.59. The second-order valence-corrected chi connectivity index (χ2v) is 6.41. The van der Waals surface area contributed by atoms with Crippen LogP contribution in [-0.4, -0.2) is 32.6 Å². The average Bonchev–Trinajstić information content (AvgIpc) is 3.09. The number of methoxy groups -OCH3 is 1. The van der Waals surface area contributed by atoms with Crippen LogP contribution in [0.15, 0.2) is 60.9 Å². The monoisotopic (exact) mass is 373 g/mol. The van der Waals surface area contributed by atoms with Crippen LogP contribution in [0.2, 0.25) is 0 Å². The van der Waals surface area contributed by atoms with Crippen molar-refractivity contribution in [3.8, 4) is 16.9 Å². The first-order valence-electron chi connectivity index (χ1n) is 8.83. The van der Waals surface area contributed by atoms with Gasteiger partial charge in [0.2, 0.25) is 11.9 Å². The molecule has 0 saturated heterocycles. The number of carbonyl (C=O) groups excluding carboxylic acids is 1. The van der Waals surface area contributed by atoms with E-state index in [1.54, 1.807) is 36.2 Å². The van der Waals surface area contributed by atoms with Crippen LogP contribution in [0.1, 0.15) is 11.3 Å². The number of hydrogen-bond donors (Lipinski definition) is 1. The number of benzene rings is 1. The minimum absolute atomic E-state index is 0.171. The maximum absolute atomic E-state index is 12.3. The van der Waals surface area contributed by atoms with Crippen molar-refractivity contribution in [3.05, 3.63) is 72.2 Å². The van der Waals surface area contributed by atoms with Gasteiger partial charge in [-0.2, -0.15) is 4.98 Å². The molecule has 3 heterocycles. The van der Waals surface area contributed by atoms with E-state index in [-0.39, 0.29) is 18.3 Å². The van der Waals surface area contributed by atoms with E-state index in [0.29, 0.717) is 11.4 Å². The first-order valence-corrected chi connectivity index (χ1v) is 8.83. The lowest BCUT2D eigenvalue weighted by molar-refractivity contribution is -0.115. The average molecular weight is 373 g/mol. The summed E-state index contributed by atoms with van der Waals surface area (Å²) in [5.74, 6) is 0.761. The summed E-state index contributed by atoms with van der Waals surface area (Å²) >= 11 is 0. The number of pyridine rings is 2. The molecular formula is C21H19N5O2. The third-order valence-electron chi connectivity index (χ3n) is 4.34. The maximum Gasteiger partial charge on any atom is 0.249 e. The Balaban J connectivity index is 1.43. The number of nitrogens with zero attached hydrogens (tertiary/aromatic N) is 4. The van der Waals surface area contributed by atoms with Crippen LogP contribution in [0.3, 0.4) is 0 Å². The first-order chi connectivity index (χ1) is 13.6. The highest BCUT2D eigenvalue weighted by molar-refractivity contribution is 5.90. The molecule has 1 N–H and O–H groups in total. The van der Waals surface area contributed by atoms with Gasteiger partial charge in [0.05, 0.1) is 19.7 Å². The Morgan fingerprint density at radius 2 is 1.93 bits per heavy atom. The number of carbonyl (C=O) groups is 1. The standard InChI is InChI=1S/C21H19N5O2/c1-14-11-17(9-10-22-14)16-5-3-15(4-6-16)12-20(27)24-21-23-19-8-7-18(28-2)13-26(19)25-21/h3-11,13H,12H2,1-2H3,(H,24,25,27). The van der Waals surface area contributed by atoms with E-state index in [0.717, 1.165) is 22.4 Å². The fourth-order valence-electron chi connectivity index (χ4n) is 2.93. The van der Waals surface area contributed by atoms with E-state index in [1.165, 1.54) is 0 Å². The van der Waals surface area contributed by atoms with E-state index in [1.807, 2.05) is 43.3 Å². The molecule has 0 fully saturated rings. The van der Waals surface area contributed by atoms with E-state index >= 15 is 0 Å². The molecule has 0 unspecified atom stereocenters. The van der Waals surface area contributed by atoms with Crippen LogP contribution in [-0.2, 0) is 11.2 Å². The predicted molar refractivity (Wildman–Crippen MR) is 106 cm³/mol. The molecule has 0 aliphatic carbocycles. The normalized spacial score (nSPS) is 10.8. The first kappa shape index (κ1) is 17.7. The van der Waals surface area contributed by atoms with Crippen molar-refractivity contribution < 1.29 is 9.53 Å². The molecule has 7 heteroatoms. The van der Waals surface area contributed by atoms with Crippen molar-refractivity contribution in [1.82, 2.24) is 19.6 Å². The summed E-state index contributed by atoms with van der Waals surface area (Å²) in [4.78, 5) is 20.9.